The van der Waals surface area contributed by atoms with Gasteiger partial charge < -0.3 is 19.4 Å². The van der Waals surface area contributed by atoms with Gasteiger partial charge in [0.05, 0.1) is 16.6 Å². The molecule has 3 fully saturated rings. The van der Waals surface area contributed by atoms with Gasteiger partial charge in [0.2, 0.25) is 6.54 Å². The van der Waals surface area contributed by atoms with Crippen molar-refractivity contribution in [3.8, 4) is 17.3 Å². The molecule has 0 aliphatic carbocycles. The maximum absolute atomic E-state index is 13.8. The summed E-state index contributed by atoms with van der Waals surface area (Å²) in [6.07, 6.45) is 4.49. The molecule has 0 spiro atoms. The van der Waals surface area contributed by atoms with Crippen molar-refractivity contribution in [1.82, 2.24) is 24.8 Å². The van der Waals surface area contributed by atoms with Gasteiger partial charge in [-0.05, 0) is 62.4 Å². The zero-order chi connectivity index (χ0) is 31.1. The van der Waals surface area contributed by atoms with E-state index in [1.165, 1.54) is 4.90 Å². The third-order valence-corrected chi connectivity index (χ3v) is 9.82. The number of hydrogen-bond acceptors (Lipinski definition) is 7. The summed E-state index contributed by atoms with van der Waals surface area (Å²) in [6, 6.07) is 15.4. The first kappa shape index (κ1) is 29.4. The quantitative estimate of drug-likeness (QED) is 0.186. The highest BCUT2D eigenvalue weighted by Gasteiger charge is 2.45. The van der Waals surface area contributed by atoms with Gasteiger partial charge in [-0.25, -0.2) is 15.9 Å². The average Bonchev–Trinajstić information content (AvgIpc) is 3.63. The van der Waals surface area contributed by atoms with Crippen molar-refractivity contribution in [1.29, 1.82) is 0 Å². The molecular formula is C34H33ClFN7O2. The lowest BCUT2D eigenvalue weighted by molar-refractivity contribution is -0.131. The topological polar surface area (TPSA) is 79.1 Å². The Morgan fingerprint density at radius 1 is 1.07 bits per heavy atom. The average molecular weight is 626 g/mol. The van der Waals surface area contributed by atoms with E-state index < -0.39 is 17.8 Å². The van der Waals surface area contributed by atoms with Gasteiger partial charge in [-0.15, -0.1) is 0 Å². The first-order chi connectivity index (χ1) is 21.9. The molecule has 0 unspecified atom stereocenters. The van der Waals surface area contributed by atoms with Gasteiger partial charge in [-0.1, -0.05) is 48.5 Å². The predicted octanol–water partition coefficient (Wildman–Crippen LogP) is 5.93. The van der Waals surface area contributed by atoms with Crippen LogP contribution in [0.25, 0.3) is 37.9 Å². The van der Waals surface area contributed by atoms with Crippen LogP contribution in [-0.2, 0) is 4.79 Å². The highest BCUT2D eigenvalue weighted by Crippen LogP contribution is 2.40. The van der Waals surface area contributed by atoms with E-state index in [0.717, 1.165) is 66.2 Å². The number of hydrogen-bond donors (Lipinski definition) is 0. The van der Waals surface area contributed by atoms with E-state index in [2.05, 4.69) is 16.3 Å². The highest BCUT2D eigenvalue weighted by atomic mass is 35.5. The Kier molecular flexibility index (Phi) is 7.76. The number of carbonyl (C=O) groups excluding carboxylic acids is 1. The Hall–Kier alpha value is -4.33. The number of aromatic nitrogens is 3. The minimum Gasteiger partial charge on any atom is -0.461 e. The maximum atomic E-state index is 13.8. The second-order valence-corrected chi connectivity index (χ2v) is 12.5. The normalized spacial score (nSPS) is 19.5. The summed E-state index contributed by atoms with van der Waals surface area (Å²) in [4.78, 5) is 36.8. The number of pyridine rings is 1. The summed E-state index contributed by atoms with van der Waals surface area (Å²) in [5.74, 6) is -1.20. The Morgan fingerprint density at radius 3 is 2.60 bits per heavy atom. The molecule has 2 aromatic carbocycles. The van der Waals surface area contributed by atoms with Crippen molar-refractivity contribution in [2.24, 2.45) is 0 Å². The van der Waals surface area contributed by atoms with Crippen molar-refractivity contribution in [2.45, 2.75) is 37.3 Å². The summed E-state index contributed by atoms with van der Waals surface area (Å²) in [6.45, 7) is 14.3. The summed E-state index contributed by atoms with van der Waals surface area (Å²) in [7, 11) is 0. The van der Waals surface area contributed by atoms with E-state index in [-0.39, 0.29) is 24.6 Å². The number of fused-ring (bicyclic) bond motifs is 3. The van der Waals surface area contributed by atoms with Crippen LogP contribution < -0.4 is 9.64 Å². The number of nitrogens with zero attached hydrogens (tertiary/aromatic N) is 7. The Bertz CT molecular complexity index is 1840. The Labute approximate surface area is 266 Å². The van der Waals surface area contributed by atoms with Crippen molar-refractivity contribution in [3.05, 3.63) is 77.4 Å². The molecule has 1 atom stereocenters. The Morgan fingerprint density at radius 2 is 1.84 bits per heavy atom. The minimum absolute atomic E-state index is 0.00886. The summed E-state index contributed by atoms with van der Waals surface area (Å²) in [5.41, 5.74) is 2.09. The predicted molar refractivity (Wildman–Crippen MR) is 173 cm³/mol. The SMILES string of the molecule is [C-]#[N+]C[C@H]1CN(c2nc(OCC34CCCN3CCC4)nc3nc(-c4cccc5cccc(Cl)c45)ccc23)CCN1C(=O)C(=C)F. The fourth-order valence-corrected chi connectivity index (χ4v) is 7.61. The third kappa shape index (κ3) is 5.34. The lowest BCUT2D eigenvalue weighted by Gasteiger charge is -2.39. The molecular weight excluding hydrogens is 593 g/mol. The van der Waals surface area contributed by atoms with Gasteiger partial charge in [0.25, 0.3) is 5.91 Å². The zero-order valence-corrected chi connectivity index (χ0v) is 25.6. The second kappa shape index (κ2) is 11.9. The number of benzene rings is 2. The van der Waals surface area contributed by atoms with Gasteiger partial charge in [0, 0.05) is 35.6 Å². The van der Waals surface area contributed by atoms with Crippen LogP contribution >= 0.6 is 11.6 Å². The van der Waals surface area contributed by atoms with Crippen LogP contribution in [0.4, 0.5) is 10.2 Å². The van der Waals surface area contributed by atoms with Gasteiger partial charge in [-0.3, -0.25) is 9.69 Å². The van der Waals surface area contributed by atoms with Crippen LogP contribution in [0.1, 0.15) is 25.7 Å². The fourth-order valence-electron chi connectivity index (χ4n) is 7.33. The zero-order valence-electron chi connectivity index (χ0n) is 24.9. The second-order valence-electron chi connectivity index (χ2n) is 12.1. The fraction of sp³-hybridized carbons (Fsp3) is 0.382. The molecule has 9 nitrogen and oxygen atoms in total. The van der Waals surface area contributed by atoms with Gasteiger partial charge >= 0.3 is 6.01 Å². The molecule has 4 aromatic rings. The van der Waals surface area contributed by atoms with E-state index in [1.807, 2.05) is 53.4 Å². The number of ether oxygens (including phenoxy) is 1. The van der Waals surface area contributed by atoms with Crippen LogP contribution in [-0.4, -0.2) is 88.1 Å². The molecule has 2 aromatic heterocycles. The number of halogens is 2. The smallest absolute Gasteiger partial charge is 0.320 e. The lowest BCUT2D eigenvalue weighted by atomic mass is 9.95. The van der Waals surface area contributed by atoms with E-state index in [0.29, 0.717) is 36.2 Å². The molecule has 0 saturated carbocycles. The number of anilines is 1. The number of carbonyl (C=O) groups is 1. The molecule has 11 heteroatoms. The monoisotopic (exact) mass is 625 g/mol. The minimum atomic E-state index is -1.03. The first-order valence-electron chi connectivity index (χ1n) is 15.3. The molecule has 3 aliphatic heterocycles. The van der Waals surface area contributed by atoms with Crippen LogP contribution in [0, 0.1) is 6.57 Å². The standard InChI is InChI=1S/C34H33ClFN7O2/c1-22(36)32(44)43-18-17-41(20-24(43)19-37-2)31-26-11-12-28(25-9-3-7-23-8-4-10-27(35)29(23)25)38-30(26)39-33(40-31)45-21-34-13-5-15-42(34)16-6-14-34/h3-4,7-12,24H,1,5-6,13-21H2/t24-/m0/s1. The van der Waals surface area contributed by atoms with Gasteiger partial charge in [-0.2, -0.15) is 9.97 Å². The van der Waals surface area contributed by atoms with Crippen LogP contribution in [0.3, 0.4) is 0 Å². The van der Waals surface area contributed by atoms with Crippen LogP contribution in [0.15, 0.2) is 60.9 Å². The van der Waals surface area contributed by atoms with Gasteiger partial charge in [0.1, 0.15) is 18.5 Å². The molecule has 7 rings (SSSR count). The summed E-state index contributed by atoms with van der Waals surface area (Å²) >= 11 is 6.66. The summed E-state index contributed by atoms with van der Waals surface area (Å²) in [5, 5.41) is 3.29. The van der Waals surface area contributed by atoms with Crippen molar-refractivity contribution in [2.75, 3.05) is 50.8 Å². The van der Waals surface area contributed by atoms with E-state index in [4.69, 9.17) is 37.9 Å². The molecule has 0 bridgehead atoms. The molecule has 3 aliphatic rings. The number of amides is 1. The molecule has 45 heavy (non-hydrogen) atoms. The van der Waals surface area contributed by atoms with E-state index in [1.54, 1.807) is 0 Å². The molecule has 230 valence electrons. The van der Waals surface area contributed by atoms with Crippen molar-refractivity contribution in [3.63, 3.8) is 0 Å². The summed E-state index contributed by atoms with van der Waals surface area (Å²) < 4.78 is 20.3. The third-order valence-electron chi connectivity index (χ3n) is 9.51. The van der Waals surface area contributed by atoms with Gasteiger partial charge in [0.15, 0.2) is 11.5 Å². The largest absolute Gasteiger partial charge is 0.461 e. The molecule has 5 heterocycles. The molecule has 0 radical (unpaired) electrons. The van der Waals surface area contributed by atoms with Crippen molar-refractivity contribution < 1.29 is 13.9 Å². The molecule has 1 amide bonds. The maximum Gasteiger partial charge on any atom is 0.320 e. The van der Waals surface area contributed by atoms with E-state index >= 15 is 0 Å². The highest BCUT2D eigenvalue weighted by molar-refractivity contribution is 6.36. The molecule has 3 saturated heterocycles. The van der Waals surface area contributed by atoms with E-state index in [9.17, 15) is 9.18 Å². The van der Waals surface area contributed by atoms with Crippen LogP contribution in [0.5, 0.6) is 6.01 Å². The first-order valence-corrected chi connectivity index (χ1v) is 15.7. The lowest BCUT2D eigenvalue weighted by Crippen LogP contribution is -2.56. The number of rotatable bonds is 7. The van der Waals surface area contributed by atoms with Crippen molar-refractivity contribution >= 4 is 45.1 Å². The Balaban J connectivity index is 1.30. The molecule has 0 N–H and O–H groups in total. The number of piperazine rings is 1. The van der Waals surface area contributed by atoms with Crippen LogP contribution in [0.2, 0.25) is 5.02 Å².